The van der Waals surface area contributed by atoms with E-state index in [4.69, 9.17) is 0 Å². The maximum Gasteiger partial charge on any atom is 0.242 e. The Labute approximate surface area is 121 Å². The molecule has 116 valence electrons. The first-order valence-electron chi connectivity index (χ1n) is 6.77. The molecule has 1 atom stereocenters. The van der Waals surface area contributed by atoms with Crippen LogP contribution >= 0.6 is 0 Å². The summed E-state index contributed by atoms with van der Waals surface area (Å²) in [6, 6.07) is 1.35. The van der Waals surface area contributed by atoms with Crippen LogP contribution in [0, 0.1) is 0 Å². The van der Waals surface area contributed by atoms with Crippen molar-refractivity contribution in [3.05, 3.63) is 18.0 Å². The number of rotatable bonds is 8. The number of aliphatic hydroxyl groups is 1. The number of aryl methyl sites for hydroxylation is 1. The molecule has 0 aliphatic carbocycles. The predicted octanol–water partition coefficient (Wildman–Crippen LogP) is 0.619. The van der Waals surface area contributed by atoms with Crippen molar-refractivity contribution in [1.82, 2.24) is 14.2 Å². The molecule has 1 heterocycles. The van der Waals surface area contributed by atoms with Gasteiger partial charge < -0.3 is 14.6 Å². The molecule has 6 nitrogen and oxygen atoms in total. The fourth-order valence-electron chi connectivity index (χ4n) is 2.17. The summed E-state index contributed by atoms with van der Waals surface area (Å²) in [6.45, 7) is 4.99. The van der Waals surface area contributed by atoms with Crippen molar-refractivity contribution in [3.8, 4) is 0 Å². The van der Waals surface area contributed by atoms with Crippen LogP contribution in [0.15, 0.2) is 17.2 Å². The minimum atomic E-state index is -3.54. The number of nitrogens with zero attached hydrogens (tertiary/aromatic N) is 2. The number of hydrogen-bond acceptors (Lipinski definition) is 4. The second-order valence-electron chi connectivity index (χ2n) is 5.30. The van der Waals surface area contributed by atoms with Crippen LogP contribution in [0.1, 0.15) is 26.0 Å². The van der Waals surface area contributed by atoms with Gasteiger partial charge in [-0.2, -0.15) is 0 Å². The Hall–Kier alpha value is -0.890. The van der Waals surface area contributed by atoms with Crippen molar-refractivity contribution in [2.24, 2.45) is 0 Å². The maximum atomic E-state index is 12.3. The average molecular weight is 303 g/mol. The molecule has 0 aliphatic heterocycles. The van der Waals surface area contributed by atoms with Gasteiger partial charge >= 0.3 is 0 Å². The number of aromatic nitrogens is 1. The first-order chi connectivity index (χ1) is 9.30. The molecule has 0 spiro atoms. The SMILES string of the molecule is CCCn1cc(S(=O)(=O)NC(C)CN(C)C)cc1CO. The Bertz CT molecular complexity index is 523. The predicted molar refractivity (Wildman–Crippen MR) is 79.0 cm³/mol. The summed E-state index contributed by atoms with van der Waals surface area (Å²) < 4.78 is 29.0. The van der Waals surface area contributed by atoms with Gasteiger partial charge in [-0.05, 0) is 33.5 Å². The van der Waals surface area contributed by atoms with Crippen molar-refractivity contribution in [2.45, 2.75) is 44.4 Å². The van der Waals surface area contributed by atoms with Crippen molar-refractivity contribution >= 4 is 10.0 Å². The molecular formula is C13H25N3O3S. The normalized spacial score (nSPS) is 13.9. The Kier molecular flexibility index (Phi) is 6.19. The lowest BCUT2D eigenvalue weighted by Gasteiger charge is -2.17. The van der Waals surface area contributed by atoms with E-state index in [9.17, 15) is 13.5 Å². The molecule has 0 aromatic carbocycles. The van der Waals surface area contributed by atoms with Gasteiger partial charge in [-0.25, -0.2) is 13.1 Å². The molecule has 1 unspecified atom stereocenters. The van der Waals surface area contributed by atoms with Gasteiger partial charge in [0.1, 0.15) is 0 Å². The summed E-state index contributed by atoms with van der Waals surface area (Å²) in [7, 11) is 0.247. The van der Waals surface area contributed by atoms with Gasteiger partial charge in [0, 0.05) is 31.0 Å². The standard InChI is InChI=1S/C13H25N3O3S/c1-5-6-16-9-13(7-12(16)10-17)20(18,19)14-11(2)8-15(3)4/h7,9,11,14,17H,5-6,8,10H2,1-4H3. The number of sulfonamides is 1. The van der Waals surface area contributed by atoms with Crippen LogP contribution in [0.5, 0.6) is 0 Å². The first-order valence-corrected chi connectivity index (χ1v) is 8.25. The van der Waals surface area contributed by atoms with Crippen LogP contribution < -0.4 is 4.72 Å². The second-order valence-corrected chi connectivity index (χ2v) is 7.02. The van der Waals surface area contributed by atoms with Crippen LogP contribution in [-0.4, -0.2) is 49.7 Å². The minimum absolute atomic E-state index is 0.164. The van der Waals surface area contributed by atoms with Gasteiger partial charge in [-0.15, -0.1) is 0 Å². The molecule has 20 heavy (non-hydrogen) atoms. The number of aliphatic hydroxyl groups excluding tert-OH is 1. The minimum Gasteiger partial charge on any atom is -0.390 e. The molecule has 0 saturated heterocycles. The van der Waals surface area contributed by atoms with Crippen molar-refractivity contribution in [3.63, 3.8) is 0 Å². The van der Waals surface area contributed by atoms with Crippen molar-refractivity contribution in [1.29, 1.82) is 0 Å². The molecule has 0 amide bonds. The van der Waals surface area contributed by atoms with Crippen LogP contribution in [0.4, 0.5) is 0 Å². The molecule has 1 aromatic rings. The highest BCUT2D eigenvalue weighted by Crippen LogP contribution is 2.15. The van der Waals surface area contributed by atoms with Crippen molar-refractivity contribution < 1.29 is 13.5 Å². The third-order valence-electron chi connectivity index (χ3n) is 2.89. The Morgan fingerprint density at radius 1 is 1.45 bits per heavy atom. The topological polar surface area (TPSA) is 74.6 Å². The van der Waals surface area contributed by atoms with E-state index >= 15 is 0 Å². The monoisotopic (exact) mass is 303 g/mol. The lowest BCUT2D eigenvalue weighted by molar-refractivity contribution is 0.270. The molecule has 7 heteroatoms. The Morgan fingerprint density at radius 3 is 2.60 bits per heavy atom. The zero-order valence-corrected chi connectivity index (χ0v) is 13.4. The largest absolute Gasteiger partial charge is 0.390 e. The van der Waals surface area contributed by atoms with E-state index in [1.807, 2.05) is 32.8 Å². The molecule has 0 radical (unpaired) electrons. The highest BCUT2D eigenvalue weighted by atomic mass is 32.2. The molecule has 0 saturated carbocycles. The highest BCUT2D eigenvalue weighted by Gasteiger charge is 2.20. The summed E-state index contributed by atoms with van der Waals surface area (Å²) in [6.07, 6.45) is 2.46. The molecule has 0 bridgehead atoms. The van der Waals surface area contributed by atoms with Crippen LogP contribution in [-0.2, 0) is 23.2 Å². The fourth-order valence-corrected chi connectivity index (χ4v) is 3.47. The zero-order valence-electron chi connectivity index (χ0n) is 12.6. The molecular weight excluding hydrogens is 278 g/mol. The lowest BCUT2D eigenvalue weighted by atomic mass is 10.3. The molecule has 0 aliphatic rings. The Balaban J connectivity index is 2.92. The van der Waals surface area contributed by atoms with Gasteiger partial charge in [0.15, 0.2) is 0 Å². The van der Waals surface area contributed by atoms with E-state index in [0.29, 0.717) is 18.8 Å². The van der Waals surface area contributed by atoms with Gasteiger partial charge in [0.25, 0.3) is 0 Å². The van der Waals surface area contributed by atoms with E-state index in [1.165, 1.54) is 6.07 Å². The maximum absolute atomic E-state index is 12.3. The van der Waals surface area contributed by atoms with Gasteiger partial charge in [0.2, 0.25) is 10.0 Å². The molecule has 2 N–H and O–H groups in total. The number of likely N-dealkylation sites (N-methyl/N-ethyl adjacent to an activating group) is 1. The summed E-state index contributed by atoms with van der Waals surface area (Å²) >= 11 is 0. The quantitative estimate of drug-likeness (QED) is 0.738. The smallest absolute Gasteiger partial charge is 0.242 e. The van der Waals surface area contributed by atoms with E-state index in [1.54, 1.807) is 10.8 Å². The molecule has 1 rings (SSSR count). The summed E-state index contributed by atoms with van der Waals surface area (Å²) in [5, 5.41) is 9.28. The number of nitrogens with one attached hydrogen (secondary N) is 1. The lowest BCUT2D eigenvalue weighted by Crippen LogP contribution is -2.39. The average Bonchev–Trinajstić information content (AvgIpc) is 2.71. The number of hydrogen-bond donors (Lipinski definition) is 2. The van der Waals surface area contributed by atoms with E-state index in [0.717, 1.165) is 6.42 Å². The zero-order chi connectivity index (χ0) is 15.3. The summed E-state index contributed by atoms with van der Waals surface area (Å²) in [5.41, 5.74) is 0.618. The molecule has 1 aromatic heterocycles. The van der Waals surface area contributed by atoms with Gasteiger partial charge in [-0.3, -0.25) is 0 Å². The van der Waals surface area contributed by atoms with Gasteiger partial charge in [-0.1, -0.05) is 6.92 Å². The molecule has 0 fully saturated rings. The first kappa shape index (κ1) is 17.2. The van der Waals surface area contributed by atoms with E-state index in [-0.39, 0.29) is 17.5 Å². The van der Waals surface area contributed by atoms with E-state index in [2.05, 4.69) is 4.72 Å². The van der Waals surface area contributed by atoms with Crippen LogP contribution in [0.25, 0.3) is 0 Å². The van der Waals surface area contributed by atoms with Crippen LogP contribution in [0.2, 0.25) is 0 Å². The summed E-state index contributed by atoms with van der Waals surface area (Å²) in [4.78, 5) is 2.13. The second kappa shape index (κ2) is 7.21. The van der Waals surface area contributed by atoms with Crippen LogP contribution in [0.3, 0.4) is 0 Å². The third-order valence-corrected chi connectivity index (χ3v) is 4.45. The Morgan fingerprint density at radius 2 is 2.10 bits per heavy atom. The fraction of sp³-hybridized carbons (Fsp3) is 0.692. The highest BCUT2D eigenvalue weighted by molar-refractivity contribution is 7.89. The van der Waals surface area contributed by atoms with Gasteiger partial charge in [0.05, 0.1) is 11.5 Å². The summed E-state index contributed by atoms with van der Waals surface area (Å²) in [5.74, 6) is 0. The third kappa shape index (κ3) is 4.59. The van der Waals surface area contributed by atoms with Crippen molar-refractivity contribution in [2.75, 3.05) is 20.6 Å². The van der Waals surface area contributed by atoms with E-state index < -0.39 is 10.0 Å².